The van der Waals surface area contributed by atoms with Crippen molar-refractivity contribution in [1.29, 1.82) is 0 Å². The fraction of sp³-hybridized carbons (Fsp3) is 0.929. The molecule has 0 aromatic carbocycles. The van der Waals surface area contributed by atoms with E-state index in [-0.39, 0.29) is 37.1 Å². The fourth-order valence-corrected chi connectivity index (χ4v) is 2.69. The van der Waals surface area contributed by atoms with E-state index in [1.165, 1.54) is 32.1 Å². The number of carbonyl (C=O) groups excluding carboxylic acids is 1. The molecule has 3 atom stereocenters. The minimum Gasteiger partial charge on any atom is -0.368 e. The van der Waals surface area contributed by atoms with Crippen LogP contribution in [0.4, 0.5) is 0 Å². The lowest BCUT2D eigenvalue weighted by molar-refractivity contribution is -0.129. The van der Waals surface area contributed by atoms with Crippen molar-refractivity contribution in [3.8, 4) is 0 Å². The Morgan fingerprint density at radius 1 is 1.32 bits per heavy atom. The molecule has 0 radical (unpaired) electrons. The number of nitrogens with two attached hydrogens (primary N) is 1. The van der Waals surface area contributed by atoms with E-state index in [0.29, 0.717) is 18.4 Å². The van der Waals surface area contributed by atoms with Gasteiger partial charge in [-0.1, -0.05) is 19.8 Å². The second-order valence-electron chi connectivity index (χ2n) is 5.92. The van der Waals surface area contributed by atoms with Gasteiger partial charge in [-0.05, 0) is 37.5 Å². The van der Waals surface area contributed by atoms with Crippen LogP contribution in [0.2, 0.25) is 0 Å². The predicted molar refractivity (Wildman–Crippen MR) is 78.3 cm³/mol. The second-order valence-corrected chi connectivity index (χ2v) is 5.92. The Labute approximate surface area is 122 Å². The number of ether oxygens (including phenoxy) is 1. The van der Waals surface area contributed by atoms with Crippen LogP contribution in [0.1, 0.15) is 45.4 Å². The topological polar surface area (TPSA) is 64.3 Å². The van der Waals surface area contributed by atoms with Gasteiger partial charge in [-0.2, -0.15) is 0 Å². The lowest BCUT2D eigenvalue weighted by atomic mass is 9.88. The number of amides is 1. The normalized spacial score (nSPS) is 28.3. The van der Waals surface area contributed by atoms with Crippen LogP contribution in [-0.4, -0.2) is 31.2 Å². The van der Waals surface area contributed by atoms with Crippen LogP contribution in [0.15, 0.2) is 0 Å². The zero-order valence-electron chi connectivity index (χ0n) is 11.8. The molecule has 2 aliphatic carbocycles. The van der Waals surface area contributed by atoms with E-state index in [9.17, 15) is 4.79 Å². The molecule has 0 aromatic rings. The highest BCUT2D eigenvalue weighted by molar-refractivity contribution is 5.85. The number of hydrogen-bond acceptors (Lipinski definition) is 3. The molecule has 2 saturated carbocycles. The largest absolute Gasteiger partial charge is 0.368 e. The minimum atomic E-state index is -0.0242. The van der Waals surface area contributed by atoms with Crippen molar-refractivity contribution in [3.05, 3.63) is 0 Å². The summed E-state index contributed by atoms with van der Waals surface area (Å²) in [5.41, 5.74) is 5.93. The number of hydrogen-bond donors (Lipinski definition) is 2. The highest BCUT2D eigenvalue weighted by Crippen LogP contribution is 2.31. The van der Waals surface area contributed by atoms with Crippen molar-refractivity contribution < 1.29 is 9.53 Å². The van der Waals surface area contributed by atoms with Gasteiger partial charge >= 0.3 is 0 Å². The molecule has 2 rings (SSSR count). The molecule has 0 aliphatic heterocycles. The molecule has 4 nitrogen and oxygen atoms in total. The van der Waals surface area contributed by atoms with Crippen molar-refractivity contribution >= 4 is 18.3 Å². The van der Waals surface area contributed by atoms with Crippen LogP contribution >= 0.6 is 12.4 Å². The maximum Gasteiger partial charge on any atom is 0.246 e. The molecule has 2 fully saturated rings. The average Bonchev–Trinajstić information content (AvgIpc) is 3.19. The second kappa shape index (κ2) is 8.08. The van der Waals surface area contributed by atoms with Gasteiger partial charge in [0, 0.05) is 12.6 Å². The Morgan fingerprint density at radius 3 is 2.63 bits per heavy atom. The standard InChI is InChI=1S/C14H26N2O2.ClH/c1-10-4-2-3-5-13(10)18-9-14(17)16-8-12(15)11-6-7-11;/h10-13H,2-9,15H2,1H3,(H,16,17);1H. The molecular formula is C14H27ClN2O2. The lowest BCUT2D eigenvalue weighted by Gasteiger charge is -2.28. The molecule has 1 amide bonds. The summed E-state index contributed by atoms with van der Waals surface area (Å²) < 4.78 is 5.71. The molecule has 2 aliphatic rings. The van der Waals surface area contributed by atoms with E-state index in [2.05, 4.69) is 12.2 Å². The number of rotatable bonds is 6. The van der Waals surface area contributed by atoms with Gasteiger partial charge in [0.25, 0.3) is 0 Å². The number of carbonyl (C=O) groups is 1. The van der Waals surface area contributed by atoms with Gasteiger partial charge in [0.1, 0.15) is 6.61 Å². The van der Waals surface area contributed by atoms with Crippen LogP contribution in [0.3, 0.4) is 0 Å². The van der Waals surface area contributed by atoms with E-state index < -0.39 is 0 Å². The molecule has 3 N–H and O–H groups in total. The van der Waals surface area contributed by atoms with Crippen molar-refractivity contribution in [3.63, 3.8) is 0 Å². The van der Waals surface area contributed by atoms with Gasteiger partial charge in [0.2, 0.25) is 5.91 Å². The molecule has 0 heterocycles. The predicted octanol–water partition coefficient (Wildman–Crippen LogP) is 1.86. The maximum atomic E-state index is 11.6. The Balaban J connectivity index is 0.00000180. The highest BCUT2D eigenvalue weighted by atomic mass is 35.5. The summed E-state index contributed by atoms with van der Waals surface area (Å²) >= 11 is 0. The van der Waals surface area contributed by atoms with Crippen LogP contribution in [0.25, 0.3) is 0 Å². The zero-order valence-corrected chi connectivity index (χ0v) is 12.6. The first-order valence-corrected chi connectivity index (χ1v) is 7.30. The lowest BCUT2D eigenvalue weighted by Crippen LogP contribution is -2.41. The SMILES string of the molecule is CC1CCCCC1OCC(=O)NCC(N)C1CC1.Cl. The summed E-state index contributed by atoms with van der Waals surface area (Å²) in [6, 6.07) is 0.127. The first-order valence-electron chi connectivity index (χ1n) is 7.30. The number of halogens is 1. The number of nitrogens with one attached hydrogen (secondary N) is 1. The van der Waals surface area contributed by atoms with Crippen molar-refractivity contribution in [2.75, 3.05) is 13.2 Å². The van der Waals surface area contributed by atoms with E-state index in [0.717, 1.165) is 6.42 Å². The van der Waals surface area contributed by atoms with Gasteiger partial charge in [-0.15, -0.1) is 12.4 Å². The monoisotopic (exact) mass is 290 g/mol. The molecule has 5 heteroatoms. The molecule has 3 unspecified atom stereocenters. The highest BCUT2D eigenvalue weighted by Gasteiger charge is 2.28. The Hall–Kier alpha value is -0.320. The molecule has 0 spiro atoms. The van der Waals surface area contributed by atoms with Gasteiger partial charge in [0.05, 0.1) is 6.10 Å². The first kappa shape index (κ1) is 16.7. The van der Waals surface area contributed by atoms with Crippen molar-refractivity contribution in [1.82, 2.24) is 5.32 Å². The Morgan fingerprint density at radius 2 is 2.00 bits per heavy atom. The Kier molecular flexibility index (Phi) is 7.11. The third-order valence-electron chi connectivity index (χ3n) is 4.22. The molecular weight excluding hydrogens is 264 g/mol. The fourth-order valence-electron chi connectivity index (χ4n) is 2.69. The van der Waals surface area contributed by atoms with E-state index in [1.54, 1.807) is 0 Å². The minimum absolute atomic E-state index is 0. The maximum absolute atomic E-state index is 11.6. The molecule has 19 heavy (non-hydrogen) atoms. The molecule has 0 bridgehead atoms. The van der Waals surface area contributed by atoms with Crippen molar-refractivity contribution in [2.45, 2.75) is 57.6 Å². The molecule has 0 saturated heterocycles. The van der Waals surface area contributed by atoms with E-state index >= 15 is 0 Å². The smallest absolute Gasteiger partial charge is 0.246 e. The molecule has 0 aromatic heterocycles. The zero-order chi connectivity index (χ0) is 13.0. The summed E-state index contributed by atoms with van der Waals surface area (Å²) in [7, 11) is 0. The van der Waals surface area contributed by atoms with Crippen LogP contribution in [0.5, 0.6) is 0 Å². The van der Waals surface area contributed by atoms with Gasteiger partial charge in [-0.25, -0.2) is 0 Å². The van der Waals surface area contributed by atoms with Crippen molar-refractivity contribution in [2.24, 2.45) is 17.6 Å². The summed E-state index contributed by atoms with van der Waals surface area (Å²) in [5.74, 6) is 1.19. The summed E-state index contributed by atoms with van der Waals surface area (Å²) in [6.45, 7) is 2.99. The van der Waals surface area contributed by atoms with E-state index in [1.807, 2.05) is 0 Å². The summed E-state index contributed by atoms with van der Waals surface area (Å²) in [4.78, 5) is 11.6. The Bertz CT molecular complexity index is 285. The van der Waals surface area contributed by atoms with Gasteiger partial charge < -0.3 is 15.8 Å². The van der Waals surface area contributed by atoms with Crippen LogP contribution < -0.4 is 11.1 Å². The quantitative estimate of drug-likeness (QED) is 0.785. The van der Waals surface area contributed by atoms with E-state index in [4.69, 9.17) is 10.5 Å². The third kappa shape index (κ3) is 5.67. The summed E-state index contributed by atoms with van der Waals surface area (Å²) in [6.07, 6.45) is 7.53. The molecule has 112 valence electrons. The average molecular weight is 291 g/mol. The van der Waals surface area contributed by atoms with Gasteiger partial charge in [0.15, 0.2) is 0 Å². The van der Waals surface area contributed by atoms with Crippen LogP contribution in [0, 0.1) is 11.8 Å². The first-order chi connectivity index (χ1) is 8.66. The van der Waals surface area contributed by atoms with Crippen LogP contribution in [-0.2, 0) is 9.53 Å². The van der Waals surface area contributed by atoms with Gasteiger partial charge in [-0.3, -0.25) is 4.79 Å². The third-order valence-corrected chi connectivity index (χ3v) is 4.22. The summed E-state index contributed by atoms with van der Waals surface area (Å²) in [5, 5.41) is 2.87.